The molecule has 0 fully saturated rings. The van der Waals surface area contributed by atoms with E-state index in [0.717, 1.165) is 5.57 Å². The van der Waals surface area contributed by atoms with Crippen molar-refractivity contribution in [3.63, 3.8) is 0 Å². The number of rotatable bonds is 5. The van der Waals surface area contributed by atoms with Gasteiger partial charge in [-0.05, 0) is 12.5 Å². The van der Waals surface area contributed by atoms with Gasteiger partial charge in [-0.15, -0.1) is 0 Å². The van der Waals surface area contributed by atoms with E-state index in [-0.39, 0.29) is 11.5 Å². The molecule has 0 spiro atoms. The molecule has 2 rings (SSSR count). The van der Waals surface area contributed by atoms with Crippen LogP contribution >= 0.6 is 0 Å². The molecular formula is C20H24O2Si. The quantitative estimate of drug-likeness (QED) is 0.471. The third kappa shape index (κ3) is 3.62. The summed E-state index contributed by atoms with van der Waals surface area (Å²) in [5, 5.41) is 1.33. The van der Waals surface area contributed by atoms with Crippen LogP contribution in [0.15, 0.2) is 72.3 Å². The fourth-order valence-corrected chi connectivity index (χ4v) is 6.66. The summed E-state index contributed by atoms with van der Waals surface area (Å²) in [6.07, 6.45) is 1.90. The molecule has 0 aliphatic rings. The smallest absolute Gasteiger partial charge is 0.333 e. The molecule has 0 saturated carbocycles. The zero-order chi connectivity index (χ0) is 16.9. The Labute approximate surface area is 139 Å². The van der Waals surface area contributed by atoms with Gasteiger partial charge in [-0.3, -0.25) is 0 Å². The van der Waals surface area contributed by atoms with Gasteiger partial charge in [-0.2, -0.15) is 0 Å². The van der Waals surface area contributed by atoms with E-state index in [2.05, 4.69) is 49.5 Å². The van der Waals surface area contributed by atoms with Gasteiger partial charge in [0.1, 0.15) is 0 Å². The lowest BCUT2D eigenvalue weighted by atomic mass is 10.0. The summed E-state index contributed by atoms with van der Waals surface area (Å²) >= 11 is 0. The normalized spacial score (nSPS) is 13.5. The van der Waals surface area contributed by atoms with Crippen LogP contribution in [0.3, 0.4) is 0 Å². The van der Waals surface area contributed by atoms with Crippen LogP contribution < -0.4 is 5.19 Å². The van der Waals surface area contributed by atoms with Gasteiger partial charge in [0.2, 0.25) is 0 Å². The lowest BCUT2D eigenvalue weighted by molar-refractivity contribution is -0.136. The van der Waals surface area contributed by atoms with Crippen LogP contribution in [0.25, 0.3) is 0 Å². The highest BCUT2D eigenvalue weighted by atomic mass is 28.3. The van der Waals surface area contributed by atoms with Crippen LogP contribution in [-0.2, 0) is 9.53 Å². The van der Waals surface area contributed by atoms with Crippen molar-refractivity contribution in [1.29, 1.82) is 0 Å². The molecule has 0 bridgehead atoms. The molecule has 3 heteroatoms. The van der Waals surface area contributed by atoms with Crippen molar-refractivity contribution in [2.45, 2.75) is 25.6 Å². The van der Waals surface area contributed by atoms with Gasteiger partial charge < -0.3 is 4.74 Å². The van der Waals surface area contributed by atoms with Gasteiger partial charge in [0.05, 0.1) is 15.2 Å². The van der Waals surface area contributed by atoms with Crippen LogP contribution in [0.4, 0.5) is 0 Å². The lowest BCUT2D eigenvalue weighted by Gasteiger charge is -2.34. The minimum absolute atomic E-state index is 0.0588. The van der Waals surface area contributed by atoms with E-state index in [1.165, 1.54) is 17.9 Å². The van der Waals surface area contributed by atoms with E-state index < -0.39 is 8.07 Å². The topological polar surface area (TPSA) is 26.3 Å². The molecule has 0 aromatic heterocycles. The third-order valence-electron chi connectivity index (χ3n) is 4.42. The molecule has 0 unspecified atom stereocenters. The molecular weight excluding hydrogens is 300 g/mol. The zero-order valence-electron chi connectivity index (χ0n) is 14.2. The van der Waals surface area contributed by atoms with Gasteiger partial charge in [0.25, 0.3) is 0 Å². The van der Waals surface area contributed by atoms with E-state index in [0.29, 0.717) is 0 Å². The van der Waals surface area contributed by atoms with Crippen molar-refractivity contribution in [3.8, 4) is 0 Å². The number of hydrogen-bond acceptors (Lipinski definition) is 2. The second kappa shape index (κ2) is 7.42. The first-order valence-electron chi connectivity index (χ1n) is 7.87. The molecule has 2 aromatic rings. The average molecular weight is 324 g/mol. The summed E-state index contributed by atoms with van der Waals surface area (Å²) in [5.74, 6) is -0.238. The van der Waals surface area contributed by atoms with E-state index in [9.17, 15) is 4.79 Å². The molecule has 23 heavy (non-hydrogen) atoms. The predicted octanol–water partition coefficient (Wildman–Crippen LogP) is 4.04. The molecule has 120 valence electrons. The van der Waals surface area contributed by atoms with Crippen LogP contribution in [0.1, 0.15) is 18.0 Å². The Morgan fingerprint density at radius 2 is 1.52 bits per heavy atom. The summed E-state index contributed by atoms with van der Waals surface area (Å²) in [4.78, 5) is 12.4. The molecule has 0 saturated heterocycles. The SMILES string of the molecule is C/C=C(\C(=O)OC)[C@H](c1ccccc1)[Si](C)(C)c1ccccc1. The standard InChI is InChI=1S/C20H24O2Si/c1-5-18(20(21)22-2)19(16-12-8-6-9-13-16)23(3,4)17-14-10-7-11-15-17/h5-15,19H,1-4H3/b18-5-/t19-/m0/s1. The van der Waals surface area contributed by atoms with Crippen LogP contribution in [0, 0.1) is 0 Å². The Kier molecular flexibility index (Phi) is 5.56. The fraction of sp³-hybridized carbons (Fsp3) is 0.250. The Morgan fingerprint density at radius 3 is 2.00 bits per heavy atom. The zero-order valence-corrected chi connectivity index (χ0v) is 15.2. The fourth-order valence-electron chi connectivity index (χ4n) is 3.19. The molecule has 2 aromatic carbocycles. The molecule has 0 aliphatic carbocycles. The van der Waals surface area contributed by atoms with Crippen molar-refractivity contribution in [2.75, 3.05) is 7.11 Å². The predicted molar refractivity (Wildman–Crippen MR) is 98.5 cm³/mol. The number of esters is 1. The molecule has 0 heterocycles. The van der Waals surface area contributed by atoms with E-state index in [1.54, 1.807) is 0 Å². The van der Waals surface area contributed by atoms with Crippen molar-refractivity contribution in [3.05, 3.63) is 77.9 Å². The molecule has 2 nitrogen and oxygen atoms in total. The summed E-state index contributed by atoms with van der Waals surface area (Å²) in [6.45, 7) is 6.54. The van der Waals surface area contributed by atoms with Gasteiger partial charge in [0.15, 0.2) is 0 Å². The van der Waals surface area contributed by atoms with Crippen molar-refractivity contribution >= 4 is 19.2 Å². The maximum absolute atomic E-state index is 12.4. The summed E-state index contributed by atoms with van der Waals surface area (Å²) in [7, 11) is -0.533. The van der Waals surface area contributed by atoms with Crippen molar-refractivity contribution in [2.24, 2.45) is 0 Å². The minimum atomic E-state index is -1.98. The first kappa shape index (κ1) is 17.2. The van der Waals surface area contributed by atoms with Crippen molar-refractivity contribution in [1.82, 2.24) is 0 Å². The highest BCUT2D eigenvalue weighted by Gasteiger charge is 2.39. The number of hydrogen-bond donors (Lipinski definition) is 0. The average Bonchev–Trinajstić information content (AvgIpc) is 2.60. The first-order valence-corrected chi connectivity index (χ1v) is 10.9. The number of carbonyl (C=O) groups is 1. The summed E-state index contributed by atoms with van der Waals surface area (Å²) < 4.78 is 5.05. The number of carbonyl (C=O) groups excluding carboxylic acids is 1. The maximum Gasteiger partial charge on any atom is 0.333 e. The van der Waals surface area contributed by atoms with Gasteiger partial charge in [-0.1, -0.05) is 85.0 Å². The third-order valence-corrected chi connectivity index (χ3v) is 8.32. The first-order chi connectivity index (χ1) is 11.0. The molecule has 0 radical (unpaired) electrons. The maximum atomic E-state index is 12.4. The highest BCUT2D eigenvalue weighted by molar-refractivity contribution is 6.91. The van der Waals surface area contributed by atoms with Gasteiger partial charge in [0, 0.05) is 11.1 Å². The summed E-state index contributed by atoms with van der Waals surface area (Å²) in [5.41, 5.74) is 1.98. The monoisotopic (exact) mass is 324 g/mol. The molecule has 0 amide bonds. The Morgan fingerprint density at radius 1 is 1.00 bits per heavy atom. The van der Waals surface area contributed by atoms with Crippen LogP contribution in [0.2, 0.25) is 13.1 Å². The van der Waals surface area contributed by atoms with Gasteiger partial charge in [-0.25, -0.2) is 4.79 Å². The van der Waals surface area contributed by atoms with E-state index in [4.69, 9.17) is 4.74 Å². The Balaban J connectivity index is 2.61. The second-order valence-electron chi connectivity index (χ2n) is 6.17. The molecule has 0 N–H and O–H groups in total. The summed E-state index contributed by atoms with van der Waals surface area (Å²) in [6, 6.07) is 20.8. The number of allylic oxidation sites excluding steroid dienone is 1. The van der Waals surface area contributed by atoms with E-state index in [1.807, 2.05) is 37.3 Å². The number of ether oxygens (including phenoxy) is 1. The van der Waals surface area contributed by atoms with E-state index >= 15 is 0 Å². The van der Waals surface area contributed by atoms with Crippen molar-refractivity contribution < 1.29 is 9.53 Å². The second-order valence-corrected chi connectivity index (χ2v) is 10.8. The largest absolute Gasteiger partial charge is 0.466 e. The molecule has 0 aliphatic heterocycles. The highest BCUT2D eigenvalue weighted by Crippen LogP contribution is 2.34. The Hall–Kier alpha value is -2.13. The number of methoxy groups -OCH3 is 1. The minimum Gasteiger partial charge on any atom is -0.466 e. The lowest BCUT2D eigenvalue weighted by Crippen LogP contribution is -2.49. The molecule has 1 atom stereocenters. The van der Waals surface area contributed by atoms with Crippen LogP contribution in [0.5, 0.6) is 0 Å². The Bertz CT molecular complexity index is 675. The number of benzene rings is 2. The van der Waals surface area contributed by atoms with Crippen LogP contribution in [-0.4, -0.2) is 21.2 Å². The van der Waals surface area contributed by atoms with Gasteiger partial charge >= 0.3 is 5.97 Å².